The number of rotatable bonds is 1. The lowest BCUT2D eigenvalue weighted by Gasteiger charge is -2.55. The molecule has 0 N–H and O–H groups in total. The number of allylic oxidation sites excluding steroid dienone is 3. The average molecular weight is 344 g/mol. The van der Waals surface area contributed by atoms with Gasteiger partial charge in [-0.15, -0.1) is 0 Å². The lowest BCUT2D eigenvalue weighted by atomic mass is 9.47. The fourth-order valence-electron chi connectivity index (χ4n) is 4.86. The number of fused-ring (bicyclic) bond motifs is 3. The first-order valence-corrected chi connectivity index (χ1v) is 8.67. The molecule has 3 rings (SSSR count). The Kier molecular flexibility index (Phi) is 3.72. The molecule has 0 saturated heterocycles. The van der Waals surface area contributed by atoms with Crippen LogP contribution in [0.1, 0.15) is 53.9 Å². The number of Topliss-reactive ketones (excluding diaryl/α,β-unsaturated/α-hetero) is 1. The van der Waals surface area contributed by atoms with Gasteiger partial charge in [0.25, 0.3) is 0 Å². The van der Waals surface area contributed by atoms with E-state index in [0.717, 1.165) is 5.57 Å². The van der Waals surface area contributed by atoms with Crippen molar-refractivity contribution >= 4 is 23.3 Å². The van der Waals surface area contributed by atoms with E-state index in [-0.39, 0.29) is 23.8 Å². The summed E-state index contributed by atoms with van der Waals surface area (Å²) in [6.45, 7) is 8.70. The molecule has 0 unspecified atom stereocenters. The first-order chi connectivity index (χ1) is 11.4. The van der Waals surface area contributed by atoms with Gasteiger partial charge in [-0.05, 0) is 50.5 Å². The zero-order chi connectivity index (χ0) is 18.8. The van der Waals surface area contributed by atoms with E-state index in [0.29, 0.717) is 18.4 Å². The van der Waals surface area contributed by atoms with Gasteiger partial charge < -0.3 is 4.74 Å². The summed E-state index contributed by atoms with van der Waals surface area (Å²) in [5.74, 6) is -0.754. The van der Waals surface area contributed by atoms with Crippen LogP contribution < -0.4 is 0 Å². The SMILES string of the molecule is CC(=O)O[C@@H]1CC(=O)C=C2[C@@]3(C)CCC(=O)C(C)(C)C3=CC(=O)[C@]21C. The van der Waals surface area contributed by atoms with Crippen LogP contribution in [0.25, 0.3) is 0 Å². The highest BCUT2D eigenvalue weighted by molar-refractivity contribution is 6.07. The molecule has 5 nitrogen and oxygen atoms in total. The summed E-state index contributed by atoms with van der Waals surface area (Å²) in [5.41, 5.74) is -0.919. The molecule has 1 saturated carbocycles. The largest absolute Gasteiger partial charge is 0.461 e. The van der Waals surface area contributed by atoms with Crippen LogP contribution in [-0.4, -0.2) is 29.4 Å². The molecule has 3 atom stereocenters. The Balaban J connectivity index is 2.24. The minimum absolute atomic E-state index is 0.00684. The molecule has 0 radical (unpaired) electrons. The average Bonchev–Trinajstić information content (AvgIpc) is 2.49. The van der Waals surface area contributed by atoms with Crippen molar-refractivity contribution in [2.24, 2.45) is 16.2 Å². The Labute approximate surface area is 147 Å². The zero-order valence-electron chi connectivity index (χ0n) is 15.4. The first kappa shape index (κ1) is 17.8. The van der Waals surface area contributed by atoms with E-state index in [4.69, 9.17) is 4.74 Å². The molecule has 0 bridgehead atoms. The van der Waals surface area contributed by atoms with Gasteiger partial charge in [-0.1, -0.05) is 6.92 Å². The summed E-state index contributed by atoms with van der Waals surface area (Å²) in [6, 6.07) is 0. The van der Waals surface area contributed by atoms with E-state index < -0.39 is 28.3 Å². The van der Waals surface area contributed by atoms with Gasteiger partial charge >= 0.3 is 5.97 Å². The first-order valence-electron chi connectivity index (χ1n) is 8.67. The number of carbonyl (C=O) groups excluding carboxylic acids is 4. The highest BCUT2D eigenvalue weighted by Crippen LogP contribution is 2.61. The van der Waals surface area contributed by atoms with Crippen molar-refractivity contribution in [3.8, 4) is 0 Å². The summed E-state index contributed by atoms with van der Waals surface area (Å²) in [4.78, 5) is 49.4. The van der Waals surface area contributed by atoms with Crippen molar-refractivity contribution in [1.29, 1.82) is 0 Å². The van der Waals surface area contributed by atoms with Gasteiger partial charge in [0.2, 0.25) is 0 Å². The van der Waals surface area contributed by atoms with Crippen LogP contribution in [0.2, 0.25) is 0 Å². The molecule has 0 spiro atoms. The second kappa shape index (κ2) is 5.23. The van der Waals surface area contributed by atoms with Crippen molar-refractivity contribution in [3.05, 3.63) is 23.3 Å². The normalized spacial score (nSPS) is 36.8. The lowest BCUT2D eigenvalue weighted by Crippen LogP contribution is -2.56. The molecule has 3 aliphatic rings. The molecular formula is C20H24O5. The minimum atomic E-state index is -1.06. The van der Waals surface area contributed by atoms with E-state index in [1.54, 1.807) is 19.1 Å². The predicted octanol–water partition coefficient (Wildman–Crippen LogP) is 2.73. The maximum atomic E-state index is 13.1. The summed E-state index contributed by atoms with van der Waals surface area (Å²) in [6.07, 6.45) is 3.27. The molecule has 134 valence electrons. The standard InChI is InChI=1S/C20H24O5/c1-11(21)25-17-9-12(22)8-14-19(4)7-6-15(23)18(2,3)13(19)10-16(24)20(14,17)5/h8,10,17H,6-7,9H2,1-5H3/t17-,19+,20+/m1/s1. The fourth-order valence-corrected chi connectivity index (χ4v) is 4.86. The molecule has 0 amide bonds. The molecule has 0 aromatic carbocycles. The Morgan fingerprint density at radius 1 is 1.08 bits per heavy atom. The van der Waals surface area contributed by atoms with Gasteiger partial charge in [-0.25, -0.2) is 0 Å². The van der Waals surface area contributed by atoms with Crippen LogP contribution in [0.3, 0.4) is 0 Å². The Morgan fingerprint density at radius 2 is 1.72 bits per heavy atom. The maximum absolute atomic E-state index is 13.1. The van der Waals surface area contributed by atoms with E-state index in [1.165, 1.54) is 6.92 Å². The fraction of sp³-hybridized carbons (Fsp3) is 0.600. The third kappa shape index (κ3) is 2.28. The van der Waals surface area contributed by atoms with Gasteiger partial charge in [-0.2, -0.15) is 0 Å². The van der Waals surface area contributed by atoms with Crippen molar-refractivity contribution in [2.75, 3.05) is 0 Å². The van der Waals surface area contributed by atoms with E-state index >= 15 is 0 Å². The maximum Gasteiger partial charge on any atom is 0.302 e. The molecule has 25 heavy (non-hydrogen) atoms. The number of hydrogen-bond acceptors (Lipinski definition) is 5. The van der Waals surface area contributed by atoms with Gasteiger partial charge in [-0.3, -0.25) is 19.2 Å². The molecule has 0 aromatic rings. The highest BCUT2D eigenvalue weighted by atomic mass is 16.5. The summed E-state index contributed by atoms with van der Waals surface area (Å²) in [5, 5.41) is 0. The van der Waals surface area contributed by atoms with Gasteiger partial charge in [0.1, 0.15) is 11.9 Å². The Bertz CT molecular complexity index is 769. The summed E-state index contributed by atoms with van der Waals surface area (Å²) in [7, 11) is 0. The predicted molar refractivity (Wildman–Crippen MR) is 90.6 cm³/mol. The van der Waals surface area contributed by atoms with Crippen molar-refractivity contribution in [1.82, 2.24) is 0 Å². The van der Waals surface area contributed by atoms with E-state index in [2.05, 4.69) is 0 Å². The third-order valence-corrected chi connectivity index (χ3v) is 6.40. The number of ether oxygens (including phenoxy) is 1. The molecule has 0 heterocycles. The van der Waals surface area contributed by atoms with Gasteiger partial charge in [0.05, 0.1) is 5.41 Å². The third-order valence-electron chi connectivity index (χ3n) is 6.40. The smallest absolute Gasteiger partial charge is 0.302 e. The van der Waals surface area contributed by atoms with Crippen LogP contribution in [0.5, 0.6) is 0 Å². The molecule has 0 aliphatic heterocycles. The number of esters is 1. The van der Waals surface area contributed by atoms with Crippen molar-refractivity contribution < 1.29 is 23.9 Å². The Hall–Kier alpha value is -2.04. The number of ketones is 3. The van der Waals surface area contributed by atoms with Crippen LogP contribution in [-0.2, 0) is 23.9 Å². The highest BCUT2D eigenvalue weighted by Gasteiger charge is 2.61. The van der Waals surface area contributed by atoms with E-state index in [9.17, 15) is 19.2 Å². The molecule has 3 aliphatic carbocycles. The van der Waals surface area contributed by atoms with Gasteiger partial charge in [0.15, 0.2) is 11.6 Å². The molecule has 1 fully saturated rings. The molecule has 0 aromatic heterocycles. The molecule has 5 heteroatoms. The summed E-state index contributed by atoms with van der Waals surface area (Å²) >= 11 is 0. The van der Waals surface area contributed by atoms with Crippen LogP contribution in [0.4, 0.5) is 0 Å². The quantitative estimate of drug-likeness (QED) is 0.684. The number of hydrogen-bond donors (Lipinski definition) is 0. The summed E-state index contributed by atoms with van der Waals surface area (Å²) < 4.78 is 5.38. The second-order valence-electron chi connectivity index (χ2n) is 8.33. The van der Waals surface area contributed by atoms with Crippen LogP contribution >= 0.6 is 0 Å². The number of carbonyl (C=O) groups is 4. The van der Waals surface area contributed by atoms with Crippen molar-refractivity contribution in [3.63, 3.8) is 0 Å². The monoisotopic (exact) mass is 344 g/mol. The van der Waals surface area contributed by atoms with Crippen LogP contribution in [0, 0.1) is 16.2 Å². The van der Waals surface area contributed by atoms with Crippen molar-refractivity contribution in [2.45, 2.75) is 60.0 Å². The van der Waals surface area contributed by atoms with Gasteiger partial charge in [0, 0.05) is 30.6 Å². The van der Waals surface area contributed by atoms with E-state index in [1.807, 2.05) is 20.8 Å². The minimum Gasteiger partial charge on any atom is -0.461 e. The van der Waals surface area contributed by atoms with Crippen LogP contribution in [0.15, 0.2) is 23.3 Å². The lowest BCUT2D eigenvalue weighted by molar-refractivity contribution is -0.157. The Morgan fingerprint density at radius 3 is 2.32 bits per heavy atom. The zero-order valence-corrected chi connectivity index (χ0v) is 15.4. The molecular weight excluding hydrogens is 320 g/mol. The topological polar surface area (TPSA) is 77.5 Å². The second-order valence-corrected chi connectivity index (χ2v) is 8.33.